The Morgan fingerprint density at radius 1 is 1.41 bits per heavy atom. The SMILES string of the molecule is CC(=O)Nc1ccc(-c2csc(C3CC3)n2)c(S(N)(=O)=O)c1. The van der Waals surface area contributed by atoms with E-state index in [2.05, 4.69) is 10.3 Å². The van der Waals surface area contributed by atoms with Gasteiger partial charge >= 0.3 is 0 Å². The lowest BCUT2D eigenvalue weighted by atomic mass is 10.1. The zero-order valence-corrected chi connectivity index (χ0v) is 13.5. The van der Waals surface area contributed by atoms with Gasteiger partial charge in [0.2, 0.25) is 15.9 Å². The quantitative estimate of drug-likeness (QED) is 0.893. The first-order chi connectivity index (χ1) is 10.3. The number of thiazole rings is 1. The Labute approximate surface area is 132 Å². The summed E-state index contributed by atoms with van der Waals surface area (Å²) in [6.07, 6.45) is 2.27. The highest BCUT2D eigenvalue weighted by atomic mass is 32.2. The van der Waals surface area contributed by atoms with E-state index < -0.39 is 10.0 Å². The van der Waals surface area contributed by atoms with Crippen LogP contribution in [-0.2, 0) is 14.8 Å². The Balaban J connectivity index is 2.06. The van der Waals surface area contributed by atoms with Crippen molar-refractivity contribution in [1.82, 2.24) is 4.98 Å². The number of sulfonamides is 1. The van der Waals surface area contributed by atoms with Crippen molar-refractivity contribution in [2.24, 2.45) is 5.14 Å². The number of nitrogens with one attached hydrogen (secondary N) is 1. The number of amides is 1. The lowest BCUT2D eigenvalue weighted by Crippen LogP contribution is -2.15. The molecule has 22 heavy (non-hydrogen) atoms. The fourth-order valence-electron chi connectivity index (χ4n) is 2.18. The van der Waals surface area contributed by atoms with Gasteiger partial charge in [0.15, 0.2) is 0 Å². The number of carbonyl (C=O) groups is 1. The number of aromatic nitrogens is 1. The van der Waals surface area contributed by atoms with Gasteiger partial charge in [0.25, 0.3) is 0 Å². The van der Waals surface area contributed by atoms with Crippen LogP contribution in [-0.4, -0.2) is 19.3 Å². The third kappa shape index (κ3) is 3.18. The molecule has 1 fully saturated rings. The van der Waals surface area contributed by atoms with Gasteiger partial charge in [-0.05, 0) is 31.0 Å². The largest absolute Gasteiger partial charge is 0.326 e. The van der Waals surface area contributed by atoms with Crippen LogP contribution in [0.4, 0.5) is 5.69 Å². The van der Waals surface area contributed by atoms with Gasteiger partial charge in [-0.2, -0.15) is 0 Å². The molecule has 0 spiro atoms. The zero-order chi connectivity index (χ0) is 15.9. The van der Waals surface area contributed by atoms with Gasteiger partial charge in [-0.3, -0.25) is 4.79 Å². The molecule has 1 aliphatic carbocycles. The molecule has 0 bridgehead atoms. The van der Waals surface area contributed by atoms with Crippen LogP contribution in [0.25, 0.3) is 11.3 Å². The van der Waals surface area contributed by atoms with E-state index in [9.17, 15) is 13.2 Å². The number of carbonyl (C=O) groups excluding carboxylic acids is 1. The second-order valence-corrected chi connectivity index (χ2v) is 7.70. The van der Waals surface area contributed by atoms with Crippen LogP contribution < -0.4 is 10.5 Å². The molecule has 1 aromatic heterocycles. The van der Waals surface area contributed by atoms with E-state index in [4.69, 9.17) is 5.14 Å². The molecule has 2 aromatic rings. The minimum atomic E-state index is -3.92. The first-order valence-electron chi connectivity index (χ1n) is 6.75. The number of rotatable bonds is 4. The van der Waals surface area contributed by atoms with Crippen molar-refractivity contribution in [2.75, 3.05) is 5.32 Å². The number of primary sulfonamides is 1. The summed E-state index contributed by atoms with van der Waals surface area (Å²) in [5.41, 5.74) is 1.45. The van der Waals surface area contributed by atoms with E-state index in [1.165, 1.54) is 24.3 Å². The van der Waals surface area contributed by atoms with Crippen molar-refractivity contribution in [3.8, 4) is 11.3 Å². The molecule has 1 heterocycles. The Morgan fingerprint density at radius 3 is 2.73 bits per heavy atom. The maximum atomic E-state index is 11.9. The van der Waals surface area contributed by atoms with Crippen molar-refractivity contribution >= 4 is 33.0 Å². The van der Waals surface area contributed by atoms with Crippen LogP contribution in [0.5, 0.6) is 0 Å². The van der Waals surface area contributed by atoms with Crippen LogP contribution in [0.1, 0.15) is 30.7 Å². The highest BCUT2D eigenvalue weighted by Gasteiger charge is 2.27. The van der Waals surface area contributed by atoms with Crippen molar-refractivity contribution in [2.45, 2.75) is 30.6 Å². The highest BCUT2D eigenvalue weighted by Crippen LogP contribution is 2.43. The smallest absolute Gasteiger partial charge is 0.238 e. The van der Waals surface area contributed by atoms with Crippen LogP contribution >= 0.6 is 11.3 Å². The topological polar surface area (TPSA) is 102 Å². The molecular weight excluding hydrogens is 322 g/mol. The van der Waals surface area contributed by atoms with E-state index in [0.717, 1.165) is 17.8 Å². The summed E-state index contributed by atoms with van der Waals surface area (Å²) in [4.78, 5) is 15.6. The molecule has 8 heteroatoms. The molecule has 3 N–H and O–H groups in total. The van der Waals surface area contributed by atoms with Crippen molar-refractivity contribution in [1.29, 1.82) is 0 Å². The molecule has 0 atom stereocenters. The normalized spacial score (nSPS) is 14.8. The summed E-state index contributed by atoms with van der Waals surface area (Å²) < 4.78 is 23.7. The number of nitrogens with zero attached hydrogens (tertiary/aromatic N) is 1. The Kier molecular flexibility index (Phi) is 3.75. The Bertz CT molecular complexity index is 839. The summed E-state index contributed by atoms with van der Waals surface area (Å²) in [5.74, 6) is 0.230. The van der Waals surface area contributed by atoms with Crippen LogP contribution in [0.3, 0.4) is 0 Å². The summed E-state index contributed by atoms with van der Waals surface area (Å²) in [7, 11) is -3.92. The number of hydrogen-bond acceptors (Lipinski definition) is 5. The molecule has 1 aliphatic rings. The van der Waals surface area contributed by atoms with Crippen LogP contribution in [0, 0.1) is 0 Å². The summed E-state index contributed by atoms with van der Waals surface area (Å²) >= 11 is 1.53. The average Bonchev–Trinajstić information content (AvgIpc) is 3.15. The van der Waals surface area contributed by atoms with E-state index in [-0.39, 0.29) is 10.8 Å². The fraction of sp³-hybridized carbons (Fsp3) is 0.286. The maximum absolute atomic E-state index is 11.9. The fourth-order valence-corrected chi connectivity index (χ4v) is 3.94. The van der Waals surface area contributed by atoms with Crippen molar-refractivity contribution in [3.63, 3.8) is 0 Å². The minimum Gasteiger partial charge on any atom is -0.326 e. The molecule has 1 amide bonds. The van der Waals surface area contributed by atoms with Crippen LogP contribution in [0.15, 0.2) is 28.5 Å². The van der Waals surface area contributed by atoms with E-state index >= 15 is 0 Å². The predicted molar refractivity (Wildman–Crippen MR) is 85.2 cm³/mol. The van der Waals surface area contributed by atoms with Gasteiger partial charge < -0.3 is 5.32 Å². The van der Waals surface area contributed by atoms with E-state index in [1.54, 1.807) is 12.1 Å². The molecule has 0 radical (unpaired) electrons. The molecule has 6 nitrogen and oxygen atoms in total. The molecule has 0 saturated heterocycles. The molecule has 0 aliphatic heterocycles. The molecule has 1 aromatic carbocycles. The van der Waals surface area contributed by atoms with Crippen molar-refractivity contribution in [3.05, 3.63) is 28.6 Å². The summed E-state index contributed by atoms with van der Waals surface area (Å²) in [6, 6.07) is 4.63. The Hall–Kier alpha value is -1.77. The predicted octanol–water partition coefficient (Wildman–Crippen LogP) is 2.29. The van der Waals surface area contributed by atoms with Gasteiger partial charge in [-0.1, -0.05) is 0 Å². The van der Waals surface area contributed by atoms with Crippen LogP contribution in [0.2, 0.25) is 0 Å². The summed E-state index contributed by atoms with van der Waals surface area (Å²) in [6.45, 7) is 1.35. The molecule has 116 valence electrons. The third-order valence-electron chi connectivity index (χ3n) is 3.33. The molecule has 0 unspecified atom stereocenters. The lowest BCUT2D eigenvalue weighted by Gasteiger charge is -2.09. The number of hydrogen-bond donors (Lipinski definition) is 2. The monoisotopic (exact) mass is 337 g/mol. The molecule has 3 rings (SSSR count). The summed E-state index contributed by atoms with van der Waals surface area (Å²) in [5, 5.41) is 10.7. The zero-order valence-electron chi connectivity index (χ0n) is 11.9. The van der Waals surface area contributed by atoms with Gasteiger partial charge in [0, 0.05) is 29.5 Å². The standard InChI is InChI=1S/C14H15N3O3S2/c1-8(18)16-10-4-5-11(13(6-10)22(15,19)20)12-7-21-14(17-12)9-2-3-9/h4-7,9H,2-3H2,1H3,(H,16,18)(H2,15,19,20). The highest BCUT2D eigenvalue weighted by molar-refractivity contribution is 7.89. The van der Waals surface area contributed by atoms with Crippen molar-refractivity contribution < 1.29 is 13.2 Å². The molecule has 1 saturated carbocycles. The first-order valence-corrected chi connectivity index (χ1v) is 9.17. The lowest BCUT2D eigenvalue weighted by molar-refractivity contribution is -0.114. The second-order valence-electron chi connectivity index (χ2n) is 5.28. The second kappa shape index (κ2) is 5.45. The minimum absolute atomic E-state index is 0.0357. The number of nitrogens with two attached hydrogens (primary N) is 1. The number of benzene rings is 1. The van der Waals surface area contributed by atoms with Gasteiger partial charge in [-0.25, -0.2) is 18.5 Å². The number of anilines is 1. The maximum Gasteiger partial charge on any atom is 0.238 e. The van der Waals surface area contributed by atoms with Gasteiger partial charge in [-0.15, -0.1) is 11.3 Å². The third-order valence-corrected chi connectivity index (χ3v) is 5.29. The van der Waals surface area contributed by atoms with E-state index in [0.29, 0.717) is 22.9 Å². The van der Waals surface area contributed by atoms with Gasteiger partial charge in [0.1, 0.15) is 0 Å². The first kappa shape index (κ1) is 15.1. The van der Waals surface area contributed by atoms with E-state index in [1.807, 2.05) is 5.38 Å². The van der Waals surface area contributed by atoms with Gasteiger partial charge in [0.05, 0.1) is 15.6 Å². The Morgan fingerprint density at radius 2 is 2.14 bits per heavy atom. The molecular formula is C14H15N3O3S2. The average molecular weight is 337 g/mol.